The van der Waals surface area contributed by atoms with Gasteiger partial charge in [0.15, 0.2) is 6.10 Å². The summed E-state index contributed by atoms with van der Waals surface area (Å²) in [5, 5.41) is 27.1. The van der Waals surface area contributed by atoms with Gasteiger partial charge < -0.3 is 25.7 Å². The predicted octanol–water partition coefficient (Wildman–Crippen LogP) is 3.31. The van der Waals surface area contributed by atoms with Gasteiger partial charge in [-0.2, -0.15) is 0 Å². The number of carbonyl (C=O) groups excluding carboxylic acids is 3. The Bertz CT molecular complexity index is 1370. The maximum Gasteiger partial charge on any atom is 0.254 e. The monoisotopic (exact) mass is 567 g/mol. The summed E-state index contributed by atoms with van der Waals surface area (Å²) < 4.78 is 14.5. The van der Waals surface area contributed by atoms with Crippen molar-refractivity contribution in [3.63, 3.8) is 0 Å². The summed E-state index contributed by atoms with van der Waals surface area (Å²) in [6, 6.07) is 18.2. The molecular weight excluding hydrogens is 537 g/mol. The molecule has 1 fully saturated rings. The van der Waals surface area contributed by atoms with Crippen molar-refractivity contribution in [3.05, 3.63) is 100 Å². The lowest BCUT2D eigenvalue weighted by Gasteiger charge is -2.30. The molecule has 3 aromatic carbocycles. The molecule has 0 radical (unpaired) electrons. The van der Waals surface area contributed by atoms with E-state index in [1.165, 1.54) is 18.2 Å². The van der Waals surface area contributed by atoms with Crippen molar-refractivity contribution in [1.29, 1.82) is 0 Å². The van der Waals surface area contributed by atoms with Crippen molar-refractivity contribution in [3.8, 4) is 5.75 Å². The lowest BCUT2D eigenvalue weighted by Crippen LogP contribution is -2.55. The van der Waals surface area contributed by atoms with E-state index < -0.39 is 42.1 Å². The van der Waals surface area contributed by atoms with Gasteiger partial charge in [0.25, 0.3) is 11.8 Å². The number of nitrogens with one attached hydrogen (secondary N) is 2. The van der Waals surface area contributed by atoms with Crippen LogP contribution in [0.15, 0.2) is 72.8 Å². The normalized spacial score (nSPS) is 18.1. The molecule has 8 nitrogen and oxygen atoms in total. The Balaban J connectivity index is 1.52. The number of phenols is 1. The molecule has 1 heterocycles. The van der Waals surface area contributed by atoms with Crippen LogP contribution in [0.2, 0.25) is 5.02 Å². The minimum atomic E-state index is -1.77. The quantitative estimate of drug-likeness (QED) is 0.316. The molecule has 0 bridgehead atoms. The van der Waals surface area contributed by atoms with Crippen LogP contribution in [0, 0.1) is 6.92 Å². The summed E-state index contributed by atoms with van der Waals surface area (Å²) in [5.74, 6) is -2.10. The minimum absolute atomic E-state index is 0.0689. The van der Waals surface area contributed by atoms with E-state index in [-0.39, 0.29) is 37.2 Å². The van der Waals surface area contributed by atoms with Crippen molar-refractivity contribution in [2.24, 2.45) is 0 Å². The Labute approximate surface area is 236 Å². The molecular formula is C30H31ClFN3O5. The highest BCUT2D eigenvalue weighted by Gasteiger charge is 2.43. The van der Waals surface area contributed by atoms with Crippen molar-refractivity contribution in [1.82, 2.24) is 15.5 Å². The Kier molecular flexibility index (Phi) is 9.39. The van der Waals surface area contributed by atoms with Gasteiger partial charge in [0.1, 0.15) is 18.0 Å². The second-order valence-corrected chi connectivity index (χ2v) is 10.2. The predicted molar refractivity (Wildman–Crippen MR) is 149 cm³/mol. The number of likely N-dealkylation sites (tertiary alicyclic amines) is 1. The standard InChI is InChI=1S/C30H31ClFN3O5/c1-18-22(11-7-13-26(18)36)28(38)34-24(14-19-8-3-2-4-9-19)27(37)30(40)35-17-21(32)15-25(35)29(39)33-16-20-10-5-6-12-23(20)31/h2-13,21,24-25,27,36-37H,14-17H2,1H3,(H,33,39)(H,34,38)/t21-,24-,25-,27-/m0/s1. The maximum atomic E-state index is 14.5. The van der Waals surface area contributed by atoms with Crippen molar-refractivity contribution in [2.45, 2.75) is 50.7 Å². The summed E-state index contributed by atoms with van der Waals surface area (Å²) in [5.41, 5.74) is 1.93. The number of phenolic OH excluding ortho intramolecular Hbond substituents is 1. The third-order valence-electron chi connectivity index (χ3n) is 7.05. The number of carbonyl (C=O) groups is 3. The maximum absolute atomic E-state index is 14.5. The topological polar surface area (TPSA) is 119 Å². The first-order valence-electron chi connectivity index (χ1n) is 12.9. The average molecular weight is 568 g/mol. The van der Waals surface area contributed by atoms with E-state index in [9.17, 15) is 29.0 Å². The van der Waals surface area contributed by atoms with Crippen LogP contribution in [-0.2, 0) is 22.6 Å². The molecule has 1 aliphatic rings. The first-order chi connectivity index (χ1) is 19.2. The summed E-state index contributed by atoms with van der Waals surface area (Å²) >= 11 is 6.16. The molecule has 0 spiro atoms. The summed E-state index contributed by atoms with van der Waals surface area (Å²) in [7, 11) is 0. The number of aliphatic hydroxyl groups is 1. The lowest BCUT2D eigenvalue weighted by atomic mass is 9.98. The zero-order valence-electron chi connectivity index (χ0n) is 21.9. The summed E-state index contributed by atoms with van der Waals surface area (Å²) in [6.45, 7) is 1.31. The van der Waals surface area contributed by atoms with Gasteiger partial charge in [0.05, 0.1) is 12.6 Å². The molecule has 10 heteroatoms. The molecule has 4 N–H and O–H groups in total. The molecule has 0 saturated carbocycles. The molecule has 3 aromatic rings. The van der Waals surface area contributed by atoms with Crippen LogP contribution in [0.1, 0.15) is 33.5 Å². The van der Waals surface area contributed by atoms with Crippen LogP contribution in [-0.4, -0.2) is 63.7 Å². The third-order valence-corrected chi connectivity index (χ3v) is 7.41. The van der Waals surface area contributed by atoms with Gasteiger partial charge in [-0.3, -0.25) is 14.4 Å². The molecule has 1 aliphatic heterocycles. The van der Waals surface area contributed by atoms with Crippen molar-refractivity contribution >= 4 is 29.3 Å². The first kappa shape index (κ1) is 29.0. The molecule has 0 aromatic heterocycles. The van der Waals surface area contributed by atoms with Crippen LogP contribution in [0.5, 0.6) is 5.75 Å². The van der Waals surface area contributed by atoms with Gasteiger partial charge in [-0.1, -0.05) is 66.2 Å². The highest BCUT2D eigenvalue weighted by atomic mass is 35.5. The Morgan fingerprint density at radius 2 is 1.75 bits per heavy atom. The molecule has 4 atom stereocenters. The van der Waals surface area contributed by atoms with Crippen LogP contribution in [0.25, 0.3) is 0 Å². The van der Waals surface area contributed by atoms with Crippen molar-refractivity contribution in [2.75, 3.05) is 6.54 Å². The van der Waals surface area contributed by atoms with Crippen LogP contribution >= 0.6 is 11.6 Å². The van der Waals surface area contributed by atoms with Gasteiger partial charge in [-0.15, -0.1) is 0 Å². The SMILES string of the molecule is Cc1c(O)cccc1C(=O)N[C@@H](Cc1ccccc1)[C@H](O)C(=O)N1C[C@@H](F)C[C@H]1C(=O)NCc1ccccc1Cl. The highest BCUT2D eigenvalue weighted by Crippen LogP contribution is 2.24. The van der Waals surface area contributed by atoms with E-state index in [0.717, 1.165) is 10.5 Å². The summed E-state index contributed by atoms with van der Waals surface area (Å²) in [6.07, 6.45) is -3.35. The molecule has 3 amide bonds. The number of hydrogen-bond acceptors (Lipinski definition) is 5. The Morgan fingerprint density at radius 3 is 2.48 bits per heavy atom. The largest absolute Gasteiger partial charge is 0.508 e. The number of alkyl halides is 1. The second kappa shape index (κ2) is 12.9. The molecule has 1 saturated heterocycles. The van der Waals surface area contributed by atoms with E-state index in [1.54, 1.807) is 55.5 Å². The third kappa shape index (κ3) is 6.78. The van der Waals surface area contributed by atoms with E-state index in [4.69, 9.17) is 11.6 Å². The van der Waals surface area contributed by atoms with Crippen LogP contribution < -0.4 is 10.6 Å². The summed E-state index contributed by atoms with van der Waals surface area (Å²) in [4.78, 5) is 40.7. The van der Waals surface area contributed by atoms with Gasteiger partial charge >= 0.3 is 0 Å². The van der Waals surface area contributed by atoms with Gasteiger partial charge in [0.2, 0.25) is 5.91 Å². The average Bonchev–Trinajstić information content (AvgIpc) is 3.35. The van der Waals surface area contributed by atoms with E-state index >= 15 is 0 Å². The second-order valence-electron chi connectivity index (χ2n) is 9.81. The molecule has 0 unspecified atom stereocenters. The fraction of sp³-hybridized carbons (Fsp3) is 0.300. The van der Waals surface area contributed by atoms with Crippen molar-refractivity contribution < 1.29 is 29.0 Å². The number of amides is 3. The van der Waals surface area contributed by atoms with Gasteiger partial charge in [-0.25, -0.2) is 4.39 Å². The fourth-order valence-electron chi connectivity index (χ4n) is 4.79. The number of hydrogen-bond donors (Lipinski definition) is 4. The molecule has 210 valence electrons. The van der Waals surface area contributed by atoms with E-state index in [2.05, 4.69) is 10.6 Å². The van der Waals surface area contributed by atoms with Crippen LogP contribution in [0.3, 0.4) is 0 Å². The molecule has 40 heavy (non-hydrogen) atoms. The highest BCUT2D eigenvalue weighted by molar-refractivity contribution is 6.31. The van der Waals surface area contributed by atoms with Crippen LogP contribution in [0.4, 0.5) is 4.39 Å². The number of aromatic hydroxyl groups is 1. The first-order valence-corrected chi connectivity index (χ1v) is 13.3. The number of aliphatic hydroxyl groups excluding tert-OH is 1. The Hall–Kier alpha value is -3.95. The number of rotatable bonds is 9. The zero-order chi connectivity index (χ0) is 28.8. The smallest absolute Gasteiger partial charge is 0.254 e. The zero-order valence-corrected chi connectivity index (χ0v) is 22.6. The number of halogens is 2. The molecule has 4 rings (SSSR count). The molecule has 0 aliphatic carbocycles. The van der Waals surface area contributed by atoms with Gasteiger partial charge in [-0.05, 0) is 42.7 Å². The minimum Gasteiger partial charge on any atom is -0.508 e. The Morgan fingerprint density at radius 1 is 1.05 bits per heavy atom. The number of nitrogens with zero attached hydrogens (tertiary/aromatic N) is 1. The van der Waals surface area contributed by atoms with Gasteiger partial charge in [0, 0.05) is 29.1 Å². The van der Waals surface area contributed by atoms with E-state index in [1.807, 2.05) is 6.07 Å². The number of benzene rings is 3. The fourth-order valence-corrected chi connectivity index (χ4v) is 4.99. The lowest BCUT2D eigenvalue weighted by molar-refractivity contribution is -0.146. The van der Waals surface area contributed by atoms with E-state index in [0.29, 0.717) is 16.1 Å².